The quantitative estimate of drug-likeness (QED) is 0.774. The van der Waals surface area contributed by atoms with Gasteiger partial charge in [0.1, 0.15) is 6.54 Å². The van der Waals surface area contributed by atoms with Gasteiger partial charge in [0.15, 0.2) is 5.82 Å². The summed E-state index contributed by atoms with van der Waals surface area (Å²) in [6.45, 7) is 6.58. The van der Waals surface area contributed by atoms with Crippen LogP contribution in [0.5, 0.6) is 0 Å². The van der Waals surface area contributed by atoms with Crippen LogP contribution in [-0.4, -0.2) is 52.0 Å². The molecule has 1 aliphatic rings. The van der Waals surface area contributed by atoms with E-state index in [2.05, 4.69) is 10.1 Å². The number of urea groups is 1. The standard InChI is InChI=1S/C13H20N4O3/c1-13(2,3)11-14-9(20-15-11)6-5-7-17-10(18)8-16(4)12(17)19/h5-8H2,1-4H3. The van der Waals surface area contributed by atoms with E-state index in [4.69, 9.17) is 4.52 Å². The minimum absolute atomic E-state index is 0.147. The Morgan fingerprint density at radius 1 is 1.30 bits per heavy atom. The van der Waals surface area contributed by atoms with Crippen molar-refractivity contribution in [3.05, 3.63) is 11.7 Å². The highest BCUT2D eigenvalue weighted by atomic mass is 16.5. The summed E-state index contributed by atoms with van der Waals surface area (Å²) in [5.41, 5.74) is -0.147. The summed E-state index contributed by atoms with van der Waals surface area (Å²) >= 11 is 0. The number of likely N-dealkylation sites (N-methyl/N-ethyl adjacent to an activating group) is 1. The van der Waals surface area contributed by atoms with E-state index in [-0.39, 0.29) is 23.9 Å². The van der Waals surface area contributed by atoms with Crippen LogP contribution in [0.3, 0.4) is 0 Å². The van der Waals surface area contributed by atoms with Crippen molar-refractivity contribution in [1.82, 2.24) is 19.9 Å². The fourth-order valence-corrected chi connectivity index (χ4v) is 1.94. The minimum atomic E-state index is -0.240. The van der Waals surface area contributed by atoms with E-state index in [9.17, 15) is 9.59 Å². The smallest absolute Gasteiger partial charge is 0.326 e. The Balaban J connectivity index is 1.86. The van der Waals surface area contributed by atoms with Crippen LogP contribution in [0.2, 0.25) is 0 Å². The third-order valence-electron chi connectivity index (χ3n) is 3.14. The van der Waals surface area contributed by atoms with Gasteiger partial charge in [0.25, 0.3) is 0 Å². The Labute approximate surface area is 117 Å². The average molecular weight is 280 g/mol. The largest absolute Gasteiger partial charge is 0.339 e. The third-order valence-corrected chi connectivity index (χ3v) is 3.14. The van der Waals surface area contributed by atoms with E-state index in [1.807, 2.05) is 20.8 Å². The topological polar surface area (TPSA) is 79.5 Å². The number of aromatic nitrogens is 2. The van der Waals surface area contributed by atoms with Crippen molar-refractivity contribution in [1.29, 1.82) is 0 Å². The molecule has 1 aliphatic heterocycles. The Bertz CT molecular complexity index is 518. The van der Waals surface area contributed by atoms with Crippen LogP contribution in [0.15, 0.2) is 4.52 Å². The second kappa shape index (κ2) is 5.22. The van der Waals surface area contributed by atoms with Crippen LogP contribution in [0.4, 0.5) is 4.79 Å². The first kappa shape index (κ1) is 14.5. The molecule has 0 atom stereocenters. The number of nitrogens with zero attached hydrogens (tertiary/aromatic N) is 4. The van der Waals surface area contributed by atoms with Gasteiger partial charge in [-0.3, -0.25) is 9.69 Å². The molecule has 0 bridgehead atoms. The molecule has 0 unspecified atom stereocenters. The molecule has 7 nitrogen and oxygen atoms in total. The zero-order valence-electron chi connectivity index (χ0n) is 12.3. The molecule has 1 aromatic rings. The van der Waals surface area contributed by atoms with E-state index in [0.717, 1.165) is 0 Å². The molecule has 7 heteroatoms. The number of carbonyl (C=O) groups excluding carboxylic acids is 2. The van der Waals surface area contributed by atoms with E-state index in [0.29, 0.717) is 31.1 Å². The molecule has 0 aliphatic carbocycles. The predicted octanol–water partition coefficient (Wildman–Crippen LogP) is 1.19. The van der Waals surface area contributed by atoms with Gasteiger partial charge in [0.2, 0.25) is 11.8 Å². The van der Waals surface area contributed by atoms with E-state index >= 15 is 0 Å². The maximum Gasteiger partial charge on any atom is 0.326 e. The third kappa shape index (κ3) is 2.97. The second-order valence-corrected chi connectivity index (χ2v) is 6.05. The van der Waals surface area contributed by atoms with Gasteiger partial charge in [-0.05, 0) is 6.42 Å². The highest BCUT2D eigenvalue weighted by molar-refractivity contribution is 6.01. The van der Waals surface area contributed by atoms with E-state index < -0.39 is 0 Å². The van der Waals surface area contributed by atoms with Crippen LogP contribution < -0.4 is 0 Å². The number of amides is 3. The molecular weight excluding hydrogens is 260 g/mol. The fourth-order valence-electron chi connectivity index (χ4n) is 1.94. The van der Waals surface area contributed by atoms with Gasteiger partial charge in [-0.1, -0.05) is 25.9 Å². The zero-order chi connectivity index (χ0) is 14.9. The first-order valence-electron chi connectivity index (χ1n) is 6.67. The summed E-state index contributed by atoms with van der Waals surface area (Å²) in [5, 5.41) is 3.94. The SMILES string of the molecule is CN1CC(=O)N(CCCc2nc(C(C)(C)C)no2)C1=O. The molecular formula is C13H20N4O3. The lowest BCUT2D eigenvalue weighted by molar-refractivity contribution is -0.125. The predicted molar refractivity (Wildman–Crippen MR) is 71.1 cm³/mol. The molecule has 0 spiro atoms. The summed E-state index contributed by atoms with van der Waals surface area (Å²) in [5.74, 6) is 1.06. The van der Waals surface area contributed by atoms with Gasteiger partial charge >= 0.3 is 6.03 Å². The van der Waals surface area contributed by atoms with Crippen LogP contribution in [0, 0.1) is 0 Å². The molecule has 1 fully saturated rings. The molecule has 1 aromatic heterocycles. The highest BCUT2D eigenvalue weighted by Crippen LogP contribution is 2.19. The van der Waals surface area contributed by atoms with Crippen molar-refractivity contribution in [2.24, 2.45) is 0 Å². The van der Waals surface area contributed by atoms with Crippen molar-refractivity contribution in [3.63, 3.8) is 0 Å². The summed E-state index contributed by atoms with van der Waals surface area (Å²) in [6, 6.07) is -0.240. The Hall–Kier alpha value is -1.92. The zero-order valence-corrected chi connectivity index (χ0v) is 12.3. The van der Waals surface area contributed by atoms with Gasteiger partial charge in [-0.15, -0.1) is 0 Å². The molecule has 110 valence electrons. The second-order valence-electron chi connectivity index (χ2n) is 6.05. The van der Waals surface area contributed by atoms with Crippen LogP contribution in [0.1, 0.15) is 38.9 Å². The van der Waals surface area contributed by atoms with Gasteiger partial charge < -0.3 is 9.42 Å². The van der Waals surface area contributed by atoms with E-state index in [1.54, 1.807) is 7.05 Å². The number of carbonyl (C=O) groups is 2. The van der Waals surface area contributed by atoms with Gasteiger partial charge in [0, 0.05) is 25.4 Å². The molecule has 0 N–H and O–H groups in total. The normalized spacial score (nSPS) is 16.4. The number of hydrogen-bond donors (Lipinski definition) is 0. The number of aryl methyl sites for hydroxylation is 1. The Kier molecular flexibility index (Phi) is 3.78. The van der Waals surface area contributed by atoms with Crippen molar-refractivity contribution >= 4 is 11.9 Å². The molecule has 1 saturated heterocycles. The fraction of sp³-hybridized carbons (Fsp3) is 0.692. The summed E-state index contributed by atoms with van der Waals surface area (Å²) in [7, 11) is 1.62. The number of hydrogen-bond acceptors (Lipinski definition) is 5. The summed E-state index contributed by atoms with van der Waals surface area (Å²) in [4.78, 5) is 30.3. The lowest BCUT2D eigenvalue weighted by atomic mass is 9.96. The lowest BCUT2D eigenvalue weighted by Crippen LogP contribution is -2.32. The minimum Gasteiger partial charge on any atom is -0.339 e. The Morgan fingerprint density at radius 3 is 2.50 bits per heavy atom. The lowest BCUT2D eigenvalue weighted by Gasteiger charge is -2.13. The average Bonchev–Trinajstić information content (AvgIpc) is 2.89. The van der Waals surface area contributed by atoms with Crippen molar-refractivity contribution < 1.29 is 14.1 Å². The van der Waals surface area contributed by atoms with Crippen molar-refractivity contribution in [2.75, 3.05) is 20.1 Å². The molecule has 0 saturated carbocycles. The number of rotatable bonds is 4. The molecule has 0 radical (unpaired) electrons. The monoisotopic (exact) mass is 280 g/mol. The van der Waals surface area contributed by atoms with Crippen LogP contribution in [-0.2, 0) is 16.6 Å². The first-order valence-corrected chi connectivity index (χ1v) is 6.67. The van der Waals surface area contributed by atoms with Gasteiger partial charge in [-0.25, -0.2) is 4.79 Å². The maximum absolute atomic E-state index is 11.7. The molecule has 20 heavy (non-hydrogen) atoms. The van der Waals surface area contributed by atoms with Crippen molar-refractivity contribution in [3.8, 4) is 0 Å². The van der Waals surface area contributed by atoms with Crippen LogP contribution in [0.25, 0.3) is 0 Å². The van der Waals surface area contributed by atoms with Crippen molar-refractivity contribution in [2.45, 2.75) is 39.0 Å². The molecule has 3 amide bonds. The van der Waals surface area contributed by atoms with Gasteiger partial charge in [0.05, 0.1) is 0 Å². The first-order chi connectivity index (χ1) is 9.29. The molecule has 2 heterocycles. The Morgan fingerprint density at radius 2 is 2.00 bits per heavy atom. The van der Waals surface area contributed by atoms with Crippen LogP contribution >= 0.6 is 0 Å². The number of imide groups is 1. The maximum atomic E-state index is 11.7. The molecule has 0 aromatic carbocycles. The van der Waals surface area contributed by atoms with Gasteiger partial charge in [-0.2, -0.15) is 4.98 Å². The highest BCUT2D eigenvalue weighted by Gasteiger charge is 2.32. The van der Waals surface area contributed by atoms with E-state index in [1.165, 1.54) is 9.80 Å². The molecule has 2 rings (SSSR count). The summed E-state index contributed by atoms with van der Waals surface area (Å²) < 4.78 is 5.17. The summed E-state index contributed by atoms with van der Waals surface area (Å²) in [6.07, 6.45) is 1.18.